The summed E-state index contributed by atoms with van der Waals surface area (Å²) in [6.45, 7) is 1.01. The molecule has 2 nitrogen and oxygen atoms in total. The van der Waals surface area contributed by atoms with Gasteiger partial charge in [-0.05, 0) is 67.6 Å². The fourth-order valence-corrected chi connectivity index (χ4v) is 7.28. The summed E-state index contributed by atoms with van der Waals surface area (Å²) in [5, 5.41) is 0. The third-order valence-corrected chi connectivity index (χ3v) is 8.57. The Morgan fingerprint density at radius 3 is 2.86 bits per heavy atom. The van der Waals surface area contributed by atoms with E-state index in [4.69, 9.17) is 0 Å². The number of fused-ring (bicyclic) bond motifs is 5. The molecule has 3 heterocycles. The molecule has 3 aliphatic heterocycles. The van der Waals surface area contributed by atoms with Crippen molar-refractivity contribution in [1.82, 2.24) is 4.90 Å². The van der Waals surface area contributed by atoms with Crippen molar-refractivity contribution in [1.29, 1.82) is 0 Å². The standard InChI is InChI=1S/C26H34N2/c1-2-6-18(7-3-1)16-20-11-13-22-23-17-27-15-14-25(23)28-24-9-5-4-8-19(24)10-12-21(20)26(22)28/h4,8,10,14-15,18,20,22-24H,1-3,5-7,9,11-13,16-17H2/t20?,22-,23-,24?/m1/s1. The maximum atomic E-state index is 4.69. The minimum Gasteiger partial charge on any atom is -0.341 e. The van der Waals surface area contributed by atoms with Gasteiger partial charge in [0.25, 0.3) is 0 Å². The lowest BCUT2D eigenvalue weighted by Gasteiger charge is -2.38. The molecule has 0 bridgehead atoms. The van der Waals surface area contributed by atoms with Crippen molar-refractivity contribution in [2.45, 2.75) is 76.7 Å². The predicted octanol–water partition coefficient (Wildman–Crippen LogP) is 6.19. The van der Waals surface area contributed by atoms with Crippen molar-refractivity contribution in [3.8, 4) is 0 Å². The van der Waals surface area contributed by atoms with Gasteiger partial charge in [-0.2, -0.15) is 0 Å². The molecule has 0 aromatic carbocycles. The molecule has 6 rings (SSSR count). The molecule has 0 spiro atoms. The Morgan fingerprint density at radius 2 is 1.93 bits per heavy atom. The average Bonchev–Trinajstić information content (AvgIpc) is 2.97. The molecule has 0 amide bonds. The molecular formula is C26H34N2. The quantitative estimate of drug-likeness (QED) is 0.563. The Hall–Kier alpha value is -1.57. The van der Waals surface area contributed by atoms with Crippen LogP contribution in [-0.2, 0) is 0 Å². The van der Waals surface area contributed by atoms with Crippen molar-refractivity contribution in [2.75, 3.05) is 6.54 Å². The summed E-state index contributed by atoms with van der Waals surface area (Å²) in [5.74, 6) is 3.21. The molecule has 2 unspecified atom stereocenters. The van der Waals surface area contributed by atoms with Crippen LogP contribution in [0.1, 0.15) is 70.6 Å². The van der Waals surface area contributed by atoms with Crippen molar-refractivity contribution in [3.63, 3.8) is 0 Å². The van der Waals surface area contributed by atoms with Gasteiger partial charge in [-0.1, -0.05) is 50.3 Å². The zero-order chi connectivity index (χ0) is 18.5. The smallest absolute Gasteiger partial charge is 0.0585 e. The molecule has 1 saturated carbocycles. The molecule has 0 radical (unpaired) electrons. The maximum absolute atomic E-state index is 4.69. The first-order valence-electron chi connectivity index (χ1n) is 12.0. The highest BCUT2D eigenvalue weighted by atomic mass is 15.2. The first-order chi connectivity index (χ1) is 13.9. The lowest BCUT2D eigenvalue weighted by molar-refractivity contribution is 0.261. The lowest BCUT2D eigenvalue weighted by Crippen LogP contribution is -2.35. The number of hydrogen-bond acceptors (Lipinski definition) is 2. The summed E-state index contributed by atoms with van der Waals surface area (Å²) in [7, 11) is 0. The van der Waals surface area contributed by atoms with Crippen molar-refractivity contribution >= 4 is 6.21 Å². The Morgan fingerprint density at radius 1 is 1.00 bits per heavy atom. The highest BCUT2D eigenvalue weighted by Crippen LogP contribution is 2.55. The summed E-state index contributed by atoms with van der Waals surface area (Å²) in [6.07, 6.45) is 27.2. The van der Waals surface area contributed by atoms with Crippen LogP contribution in [0.15, 0.2) is 51.8 Å². The van der Waals surface area contributed by atoms with Crippen LogP contribution in [0, 0.1) is 23.7 Å². The monoisotopic (exact) mass is 374 g/mol. The number of rotatable bonds is 2. The molecule has 0 aromatic heterocycles. The topological polar surface area (TPSA) is 15.6 Å². The molecule has 4 atom stereocenters. The minimum absolute atomic E-state index is 0.580. The highest BCUT2D eigenvalue weighted by molar-refractivity contribution is 5.74. The molecule has 3 aliphatic carbocycles. The minimum atomic E-state index is 0.580. The van der Waals surface area contributed by atoms with Crippen LogP contribution < -0.4 is 0 Å². The predicted molar refractivity (Wildman–Crippen MR) is 116 cm³/mol. The molecular weight excluding hydrogens is 340 g/mol. The highest BCUT2D eigenvalue weighted by Gasteiger charge is 2.49. The van der Waals surface area contributed by atoms with Crippen molar-refractivity contribution < 1.29 is 0 Å². The second-order valence-corrected chi connectivity index (χ2v) is 10.0. The van der Waals surface area contributed by atoms with Crippen molar-refractivity contribution in [2.24, 2.45) is 28.7 Å². The van der Waals surface area contributed by atoms with Gasteiger partial charge in [-0.3, -0.25) is 4.99 Å². The fourth-order valence-electron chi connectivity index (χ4n) is 7.28. The third kappa shape index (κ3) is 2.70. The van der Waals surface area contributed by atoms with E-state index in [-0.39, 0.29) is 0 Å². The second kappa shape index (κ2) is 7.04. The van der Waals surface area contributed by atoms with Crippen molar-refractivity contribution in [3.05, 3.63) is 46.8 Å². The van der Waals surface area contributed by atoms with Crippen LogP contribution in [0.3, 0.4) is 0 Å². The van der Waals surface area contributed by atoms with E-state index in [1.807, 2.05) is 5.57 Å². The summed E-state index contributed by atoms with van der Waals surface area (Å²) >= 11 is 0. The molecule has 1 saturated heterocycles. The van der Waals surface area contributed by atoms with Crippen LogP contribution in [0.4, 0.5) is 0 Å². The van der Waals surface area contributed by atoms with E-state index in [1.54, 1.807) is 17.0 Å². The van der Waals surface area contributed by atoms with Gasteiger partial charge >= 0.3 is 0 Å². The van der Waals surface area contributed by atoms with Gasteiger partial charge in [0, 0.05) is 36.0 Å². The Balaban J connectivity index is 1.41. The van der Waals surface area contributed by atoms with Crippen LogP contribution >= 0.6 is 0 Å². The van der Waals surface area contributed by atoms with Gasteiger partial charge in [0.1, 0.15) is 0 Å². The first kappa shape index (κ1) is 17.3. The Bertz CT molecular complexity index is 789. The number of dihydropyridines is 1. The van der Waals surface area contributed by atoms with Gasteiger partial charge in [0.05, 0.1) is 6.04 Å². The zero-order valence-electron chi connectivity index (χ0n) is 17.2. The fraction of sp³-hybridized carbons (Fsp3) is 0.654. The number of nitrogens with zero attached hydrogens (tertiary/aromatic N) is 2. The van der Waals surface area contributed by atoms with E-state index >= 15 is 0 Å². The lowest BCUT2D eigenvalue weighted by atomic mass is 9.71. The first-order valence-corrected chi connectivity index (χ1v) is 12.0. The SMILES string of the molecule is C1=CC2=CCC3=C4[C@H](CCC3CC3CCCCC3)[C@H]3CN=CC=C3N4C2CC1. The molecule has 28 heavy (non-hydrogen) atoms. The molecule has 148 valence electrons. The van der Waals surface area contributed by atoms with E-state index in [0.29, 0.717) is 12.0 Å². The maximum Gasteiger partial charge on any atom is 0.0585 e. The van der Waals surface area contributed by atoms with Gasteiger partial charge in [0.2, 0.25) is 0 Å². The van der Waals surface area contributed by atoms with Crippen LogP contribution in [0.5, 0.6) is 0 Å². The molecule has 2 fully saturated rings. The normalized spacial score (nSPS) is 37.1. The summed E-state index contributed by atoms with van der Waals surface area (Å²) < 4.78 is 0. The Kier molecular flexibility index (Phi) is 4.35. The molecule has 6 aliphatic rings. The largest absolute Gasteiger partial charge is 0.341 e. The number of allylic oxidation sites excluding steroid dienone is 5. The summed E-state index contributed by atoms with van der Waals surface area (Å²) in [6, 6.07) is 0.580. The molecule has 0 N–H and O–H groups in total. The van der Waals surface area contributed by atoms with Gasteiger partial charge in [-0.25, -0.2) is 0 Å². The second-order valence-electron chi connectivity index (χ2n) is 10.0. The van der Waals surface area contributed by atoms with Crippen LogP contribution in [0.25, 0.3) is 0 Å². The molecule has 2 heteroatoms. The number of hydrogen-bond donors (Lipinski definition) is 0. The zero-order valence-corrected chi connectivity index (χ0v) is 17.2. The van der Waals surface area contributed by atoms with E-state index in [2.05, 4.69) is 40.4 Å². The van der Waals surface area contributed by atoms with E-state index < -0.39 is 0 Å². The third-order valence-electron chi connectivity index (χ3n) is 8.57. The molecule has 0 aromatic rings. The van der Waals surface area contributed by atoms with Gasteiger partial charge in [0.15, 0.2) is 0 Å². The van der Waals surface area contributed by atoms with Gasteiger partial charge in [-0.15, -0.1) is 0 Å². The van der Waals surface area contributed by atoms with E-state index in [9.17, 15) is 0 Å². The van der Waals surface area contributed by atoms with Gasteiger partial charge < -0.3 is 4.90 Å². The van der Waals surface area contributed by atoms with E-state index in [0.717, 1.165) is 24.3 Å². The number of aliphatic imine (C=N–C) groups is 1. The average molecular weight is 375 g/mol. The van der Waals surface area contributed by atoms with Crippen LogP contribution in [0.2, 0.25) is 0 Å². The Labute approximate surface area is 170 Å². The summed E-state index contributed by atoms with van der Waals surface area (Å²) in [5.41, 5.74) is 6.77. The summed E-state index contributed by atoms with van der Waals surface area (Å²) in [4.78, 5) is 7.52. The van der Waals surface area contributed by atoms with Crippen LogP contribution in [-0.4, -0.2) is 23.7 Å². The van der Waals surface area contributed by atoms with E-state index in [1.165, 1.54) is 70.6 Å².